The SMILES string of the molecule is Cc1ccccc1NC(=O)CC1S/C(=N/S(=O)(=O)c2ccc(Cl)cc2)N(C2CCCCC2)C1=O. The summed E-state index contributed by atoms with van der Waals surface area (Å²) in [7, 11) is -4.05. The van der Waals surface area contributed by atoms with Crippen molar-refractivity contribution in [2.45, 2.75) is 61.6 Å². The van der Waals surface area contributed by atoms with Crippen molar-refractivity contribution in [3.05, 3.63) is 59.1 Å². The van der Waals surface area contributed by atoms with Crippen LogP contribution < -0.4 is 5.32 Å². The van der Waals surface area contributed by atoms with Gasteiger partial charge in [-0.25, -0.2) is 0 Å². The third-order valence-electron chi connectivity index (χ3n) is 6.01. The number of hydrogen-bond donors (Lipinski definition) is 1. The second-order valence-corrected chi connectivity index (χ2v) is 11.7. The van der Waals surface area contributed by atoms with Gasteiger partial charge in [0.2, 0.25) is 11.8 Å². The van der Waals surface area contributed by atoms with E-state index in [0.29, 0.717) is 10.7 Å². The summed E-state index contributed by atoms with van der Waals surface area (Å²) in [5, 5.41) is 2.68. The van der Waals surface area contributed by atoms with Gasteiger partial charge in [-0.15, -0.1) is 4.40 Å². The van der Waals surface area contributed by atoms with Crippen LogP contribution in [0.2, 0.25) is 5.02 Å². The molecule has 1 aliphatic carbocycles. The normalized spacial score (nSPS) is 20.6. The number of aryl methyl sites for hydroxylation is 1. The average molecular weight is 520 g/mol. The van der Waals surface area contributed by atoms with E-state index in [-0.39, 0.29) is 34.3 Å². The van der Waals surface area contributed by atoms with Crippen LogP contribution in [0.3, 0.4) is 0 Å². The Hall–Kier alpha value is -2.36. The minimum absolute atomic E-state index is 0.00166. The van der Waals surface area contributed by atoms with Gasteiger partial charge in [0.15, 0.2) is 5.17 Å². The zero-order chi connectivity index (χ0) is 24.3. The van der Waals surface area contributed by atoms with Crippen molar-refractivity contribution in [1.82, 2.24) is 4.90 Å². The third-order valence-corrected chi connectivity index (χ3v) is 8.81. The third kappa shape index (κ3) is 5.64. The highest BCUT2D eigenvalue weighted by Crippen LogP contribution is 2.36. The van der Waals surface area contributed by atoms with Gasteiger partial charge in [-0.2, -0.15) is 8.42 Å². The maximum absolute atomic E-state index is 13.4. The molecule has 0 radical (unpaired) electrons. The zero-order valence-electron chi connectivity index (χ0n) is 18.7. The summed E-state index contributed by atoms with van der Waals surface area (Å²) in [6.07, 6.45) is 4.52. The monoisotopic (exact) mass is 519 g/mol. The number of halogens is 1. The van der Waals surface area contributed by atoms with E-state index < -0.39 is 15.3 Å². The molecule has 2 amide bonds. The molecule has 2 aliphatic rings. The Balaban J connectivity index is 1.58. The Morgan fingerprint density at radius 3 is 2.47 bits per heavy atom. The van der Waals surface area contributed by atoms with Crippen LogP contribution in [0.15, 0.2) is 57.8 Å². The van der Waals surface area contributed by atoms with Crippen LogP contribution in [0, 0.1) is 6.92 Å². The average Bonchev–Trinajstić information content (AvgIpc) is 3.10. The van der Waals surface area contributed by atoms with Crippen LogP contribution in [-0.4, -0.2) is 41.6 Å². The number of carbonyl (C=O) groups is 2. The molecule has 34 heavy (non-hydrogen) atoms. The van der Waals surface area contributed by atoms with Crippen LogP contribution >= 0.6 is 23.4 Å². The van der Waals surface area contributed by atoms with Crippen molar-refractivity contribution in [3.8, 4) is 0 Å². The molecule has 0 spiro atoms. The molecular weight excluding hydrogens is 494 g/mol. The van der Waals surface area contributed by atoms with Gasteiger partial charge in [-0.05, 0) is 55.7 Å². The van der Waals surface area contributed by atoms with E-state index in [2.05, 4.69) is 9.71 Å². The Morgan fingerprint density at radius 1 is 1.12 bits per heavy atom. The number of amidine groups is 1. The molecule has 1 saturated carbocycles. The molecule has 1 N–H and O–H groups in total. The number of hydrogen-bond acceptors (Lipinski definition) is 5. The lowest BCUT2D eigenvalue weighted by atomic mass is 9.94. The van der Waals surface area contributed by atoms with E-state index in [1.165, 1.54) is 29.2 Å². The van der Waals surface area contributed by atoms with Gasteiger partial charge in [0.25, 0.3) is 10.0 Å². The van der Waals surface area contributed by atoms with Crippen LogP contribution in [0.1, 0.15) is 44.1 Å². The summed E-state index contributed by atoms with van der Waals surface area (Å²) in [5.74, 6) is -0.563. The predicted molar refractivity (Wildman–Crippen MR) is 136 cm³/mol. The second kappa shape index (κ2) is 10.5. The van der Waals surface area contributed by atoms with Crippen LogP contribution in [-0.2, 0) is 19.6 Å². The standard InChI is InChI=1S/C24H26ClN3O4S2/c1-16-7-5-6-10-20(16)26-22(29)15-21-23(30)28(18-8-3-2-4-9-18)24(33-21)27-34(31,32)19-13-11-17(25)12-14-19/h5-7,10-14,18,21H,2-4,8-9,15H2,1H3,(H,26,29)/b27-24+. The number of carbonyl (C=O) groups excluding carboxylic acids is 2. The lowest BCUT2D eigenvalue weighted by Crippen LogP contribution is -2.42. The Bertz CT molecular complexity index is 1210. The molecule has 1 unspecified atom stereocenters. The molecule has 10 heteroatoms. The van der Waals surface area contributed by atoms with Gasteiger partial charge < -0.3 is 5.32 Å². The number of sulfonamides is 1. The quantitative estimate of drug-likeness (QED) is 0.579. The number of para-hydroxylation sites is 1. The first-order chi connectivity index (χ1) is 16.2. The van der Waals surface area contributed by atoms with Gasteiger partial charge in [-0.3, -0.25) is 14.5 Å². The summed E-state index contributed by atoms with van der Waals surface area (Å²) in [4.78, 5) is 27.6. The van der Waals surface area contributed by atoms with Crippen LogP contribution in [0.4, 0.5) is 5.69 Å². The molecule has 1 aliphatic heterocycles. The lowest BCUT2D eigenvalue weighted by molar-refractivity contribution is -0.130. The van der Waals surface area contributed by atoms with Gasteiger partial charge in [0, 0.05) is 23.2 Å². The molecule has 2 fully saturated rings. The topological polar surface area (TPSA) is 95.9 Å². The number of amides is 2. The highest BCUT2D eigenvalue weighted by atomic mass is 35.5. The summed E-state index contributed by atoms with van der Waals surface area (Å²) in [5.41, 5.74) is 1.60. The first-order valence-electron chi connectivity index (χ1n) is 11.2. The molecule has 180 valence electrons. The molecule has 1 saturated heterocycles. The molecule has 7 nitrogen and oxygen atoms in total. The number of rotatable bonds is 6. The molecule has 4 rings (SSSR count). The molecule has 1 heterocycles. The van der Waals surface area contributed by atoms with E-state index in [4.69, 9.17) is 11.6 Å². The summed E-state index contributed by atoms with van der Waals surface area (Å²) < 4.78 is 30.0. The summed E-state index contributed by atoms with van der Waals surface area (Å²) >= 11 is 6.93. The first-order valence-corrected chi connectivity index (χ1v) is 13.9. The summed E-state index contributed by atoms with van der Waals surface area (Å²) in [6.45, 7) is 1.89. The van der Waals surface area contributed by atoms with Gasteiger partial charge in [-0.1, -0.05) is 60.8 Å². The van der Waals surface area contributed by atoms with E-state index in [9.17, 15) is 18.0 Å². The maximum Gasteiger partial charge on any atom is 0.284 e. The molecular formula is C24H26ClN3O4S2. The van der Waals surface area contributed by atoms with E-state index >= 15 is 0 Å². The highest BCUT2D eigenvalue weighted by Gasteiger charge is 2.43. The molecule has 2 aromatic carbocycles. The van der Waals surface area contributed by atoms with E-state index in [1.807, 2.05) is 25.1 Å². The van der Waals surface area contributed by atoms with Crippen LogP contribution in [0.25, 0.3) is 0 Å². The fourth-order valence-corrected chi connectivity index (χ4v) is 6.73. The summed E-state index contributed by atoms with van der Waals surface area (Å²) in [6, 6.07) is 13.0. The van der Waals surface area contributed by atoms with Crippen molar-refractivity contribution in [3.63, 3.8) is 0 Å². The van der Waals surface area contributed by atoms with E-state index in [1.54, 1.807) is 6.07 Å². The molecule has 1 atom stereocenters. The second-order valence-electron chi connectivity index (χ2n) is 8.48. The molecule has 0 aromatic heterocycles. The Labute approximate surface area is 209 Å². The van der Waals surface area contributed by atoms with Crippen molar-refractivity contribution in [1.29, 1.82) is 0 Å². The minimum atomic E-state index is -4.05. The van der Waals surface area contributed by atoms with Crippen molar-refractivity contribution in [2.24, 2.45) is 4.40 Å². The predicted octanol–water partition coefficient (Wildman–Crippen LogP) is 5.00. The maximum atomic E-state index is 13.4. The Morgan fingerprint density at radius 2 is 1.79 bits per heavy atom. The number of nitrogens with one attached hydrogen (secondary N) is 1. The minimum Gasteiger partial charge on any atom is -0.326 e. The van der Waals surface area contributed by atoms with Crippen molar-refractivity contribution in [2.75, 3.05) is 5.32 Å². The molecule has 0 bridgehead atoms. The van der Waals surface area contributed by atoms with Crippen molar-refractivity contribution >= 4 is 56.1 Å². The highest BCUT2D eigenvalue weighted by molar-refractivity contribution is 8.16. The van der Waals surface area contributed by atoms with Crippen molar-refractivity contribution < 1.29 is 18.0 Å². The van der Waals surface area contributed by atoms with E-state index in [0.717, 1.165) is 49.4 Å². The smallest absolute Gasteiger partial charge is 0.284 e. The van der Waals surface area contributed by atoms with Crippen LogP contribution in [0.5, 0.6) is 0 Å². The van der Waals surface area contributed by atoms with Gasteiger partial charge >= 0.3 is 0 Å². The van der Waals surface area contributed by atoms with Gasteiger partial charge in [0.05, 0.1) is 4.90 Å². The fraction of sp³-hybridized carbons (Fsp3) is 0.375. The number of thioether (sulfide) groups is 1. The largest absolute Gasteiger partial charge is 0.326 e. The number of benzene rings is 2. The lowest BCUT2D eigenvalue weighted by Gasteiger charge is -2.30. The Kier molecular flexibility index (Phi) is 7.64. The number of nitrogens with zero attached hydrogens (tertiary/aromatic N) is 2. The van der Waals surface area contributed by atoms with Gasteiger partial charge in [0.1, 0.15) is 5.25 Å². The molecule has 2 aromatic rings. The fourth-order valence-electron chi connectivity index (χ4n) is 4.20. The zero-order valence-corrected chi connectivity index (χ0v) is 21.1. The first kappa shape index (κ1) is 24.8. The number of anilines is 1.